The number of aliphatic hydroxyl groups is 2. The summed E-state index contributed by atoms with van der Waals surface area (Å²) < 4.78 is 7.00. The number of fused-ring (bicyclic) bond motifs is 1. The number of nitrogens with two attached hydrogens (primary N) is 1. The average molecular weight is 507 g/mol. The summed E-state index contributed by atoms with van der Waals surface area (Å²) in [6, 6.07) is 3.46. The second kappa shape index (κ2) is 10.1. The molecule has 0 spiro atoms. The maximum atomic E-state index is 13.0. The number of amides is 2. The molecule has 2 unspecified atom stereocenters. The number of nitrogen functional groups attached to an aromatic ring is 1. The summed E-state index contributed by atoms with van der Waals surface area (Å²) in [5.74, 6) is 5.30. The van der Waals surface area contributed by atoms with E-state index >= 15 is 0 Å². The number of hydrogen-bond acceptors (Lipinski definition) is 10. The van der Waals surface area contributed by atoms with Crippen molar-refractivity contribution in [1.82, 2.24) is 34.7 Å². The van der Waals surface area contributed by atoms with Gasteiger partial charge >= 0.3 is 0 Å². The van der Waals surface area contributed by atoms with Crippen molar-refractivity contribution in [3.8, 4) is 11.8 Å². The first kappa shape index (κ1) is 24.6. The number of ether oxygens (including phenoxy) is 1. The summed E-state index contributed by atoms with van der Waals surface area (Å²) in [5, 5.41) is 23.2. The monoisotopic (exact) mass is 506 g/mol. The molecule has 1 saturated heterocycles. The van der Waals surface area contributed by atoms with E-state index in [1.807, 2.05) is 0 Å². The summed E-state index contributed by atoms with van der Waals surface area (Å²) in [6.45, 7) is 0.177. The standard InChI is InChI=1S/C24H26N8O5/c1-26-22(35)19-17(33)18(34)24(37-19)32-12-28-16-20(25)29-15(30-21(16)32)6-3-11-31(14-4-2-5-14)23(36)13-7-9-27-10-8-13/h7-10,12,14,17-19,24,33-34H,2,4-5,11H2,1H3,(H,26,35)(H2,25,29,30)/t17-,18+,19?,24?/m0/s1. The number of pyridine rings is 1. The van der Waals surface area contributed by atoms with Crippen LogP contribution in [0.1, 0.15) is 41.7 Å². The van der Waals surface area contributed by atoms with Crippen molar-refractivity contribution < 1.29 is 24.5 Å². The molecule has 13 nitrogen and oxygen atoms in total. The van der Waals surface area contributed by atoms with Crippen LogP contribution in [0.3, 0.4) is 0 Å². The second-order valence-corrected chi connectivity index (χ2v) is 8.85. The second-order valence-electron chi connectivity index (χ2n) is 8.85. The van der Waals surface area contributed by atoms with Crippen molar-refractivity contribution in [1.29, 1.82) is 0 Å². The molecule has 1 aliphatic carbocycles. The number of nitrogens with one attached hydrogen (secondary N) is 1. The molecule has 3 aromatic heterocycles. The zero-order valence-electron chi connectivity index (χ0n) is 20.0. The Hall–Kier alpha value is -4.12. The molecule has 0 aromatic carbocycles. The van der Waals surface area contributed by atoms with Gasteiger partial charge in [0.15, 0.2) is 23.8 Å². The van der Waals surface area contributed by atoms with Gasteiger partial charge in [0.05, 0.1) is 12.9 Å². The van der Waals surface area contributed by atoms with Crippen LogP contribution in [0.2, 0.25) is 0 Å². The third-order valence-electron chi connectivity index (χ3n) is 6.62. The lowest BCUT2D eigenvalue weighted by molar-refractivity contribution is -0.137. The zero-order chi connectivity index (χ0) is 26.1. The highest BCUT2D eigenvalue weighted by atomic mass is 16.6. The van der Waals surface area contributed by atoms with E-state index in [2.05, 4.69) is 37.1 Å². The van der Waals surface area contributed by atoms with Gasteiger partial charge in [0.2, 0.25) is 5.82 Å². The van der Waals surface area contributed by atoms with E-state index in [0.29, 0.717) is 5.56 Å². The van der Waals surface area contributed by atoms with E-state index in [9.17, 15) is 19.8 Å². The minimum Gasteiger partial charge on any atom is -0.387 e. The number of aliphatic hydroxyl groups excluding tert-OH is 2. The topological polar surface area (TPSA) is 182 Å². The van der Waals surface area contributed by atoms with E-state index in [0.717, 1.165) is 19.3 Å². The molecule has 0 bridgehead atoms. The van der Waals surface area contributed by atoms with Crippen molar-refractivity contribution in [3.05, 3.63) is 42.2 Å². The van der Waals surface area contributed by atoms with Gasteiger partial charge in [-0.1, -0.05) is 5.92 Å². The molecular formula is C24H26N8O5. The van der Waals surface area contributed by atoms with Gasteiger partial charge in [-0.25, -0.2) is 15.0 Å². The third-order valence-corrected chi connectivity index (χ3v) is 6.62. The zero-order valence-corrected chi connectivity index (χ0v) is 20.0. The lowest BCUT2D eigenvalue weighted by Crippen LogP contribution is -2.44. The molecule has 4 heterocycles. The molecule has 2 aliphatic rings. The maximum absolute atomic E-state index is 13.0. The van der Waals surface area contributed by atoms with Crippen LogP contribution in [0, 0.1) is 11.8 Å². The fourth-order valence-electron chi connectivity index (χ4n) is 4.36. The van der Waals surface area contributed by atoms with Crippen LogP contribution in [0.4, 0.5) is 5.82 Å². The smallest absolute Gasteiger partial charge is 0.255 e. The molecule has 192 valence electrons. The van der Waals surface area contributed by atoms with Gasteiger partial charge in [0.25, 0.3) is 11.8 Å². The number of imidazole rings is 1. The normalized spacial score (nSPS) is 23.2. The third kappa shape index (κ3) is 4.57. The first-order valence-electron chi connectivity index (χ1n) is 11.8. The van der Waals surface area contributed by atoms with Gasteiger partial charge in [-0.2, -0.15) is 0 Å². The number of carbonyl (C=O) groups is 2. The molecule has 4 atom stereocenters. The Morgan fingerprint density at radius 2 is 2.00 bits per heavy atom. The fourth-order valence-corrected chi connectivity index (χ4v) is 4.36. The molecule has 2 fully saturated rings. The van der Waals surface area contributed by atoms with E-state index in [4.69, 9.17) is 10.5 Å². The molecule has 5 rings (SSSR count). The molecule has 37 heavy (non-hydrogen) atoms. The van der Waals surface area contributed by atoms with Crippen LogP contribution < -0.4 is 11.1 Å². The number of rotatable bonds is 5. The Kier molecular flexibility index (Phi) is 6.70. The number of likely N-dealkylation sites (N-methyl/N-ethyl adjacent to an activating group) is 1. The van der Waals surface area contributed by atoms with Crippen molar-refractivity contribution >= 4 is 28.8 Å². The lowest BCUT2D eigenvalue weighted by atomic mass is 9.91. The molecule has 3 aromatic rings. The minimum atomic E-state index is -1.45. The average Bonchev–Trinajstić information content (AvgIpc) is 3.43. The van der Waals surface area contributed by atoms with Crippen molar-refractivity contribution in [2.45, 2.75) is 49.8 Å². The highest BCUT2D eigenvalue weighted by Crippen LogP contribution is 2.32. The minimum absolute atomic E-state index is 0.0626. The van der Waals surface area contributed by atoms with E-state index in [-0.39, 0.29) is 41.3 Å². The van der Waals surface area contributed by atoms with Crippen molar-refractivity contribution in [2.24, 2.45) is 0 Å². The number of carbonyl (C=O) groups excluding carboxylic acids is 2. The van der Waals surface area contributed by atoms with Gasteiger partial charge in [0.1, 0.15) is 17.7 Å². The Balaban J connectivity index is 1.40. The predicted octanol–water partition coefficient (Wildman–Crippen LogP) is -0.785. The van der Waals surface area contributed by atoms with Gasteiger partial charge < -0.3 is 30.9 Å². The van der Waals surface area contributed by atoms with Crippen LogP contribution in [0.15, 0.2) is 30.9 Å². The maximum Gasteiger partial charge on any atom is 0.255 e. The molecule has 2 amide bonds. The van der Waals surface area contributed by atoms with Crippen LogP contribution in [0.5, 0.6) is 0 Å². The van der Waals surface area contributed by atoms with Crippen LogP contribution in [-0.2, 0) is 9.53 Å². The number of hydrogen-bond donors (Lipinski definition) is 4. The first-order valence-corrected chi connectivity index (χ1v) is 11.8. The van der Waals surface area contributed by atoms with Gasteiger partial charge in [-0.3, -0.25) is 19.1 Å². The quantitative estimate of drug-likeness (QED) is 0.320. The predicted molar refractivity (Wildman–Crippen MR) is 130 cm³/mol. The molecule has 1 aliphatic heterocycles. The summed E-state index contributed by atoms with van der Waals surface area (Å²) in [5.41, 5.74) is 7.09. The summed E-state index contributed by atoms with van der Waals surface area (Å²) in [4.78, 5) is 43.6. The number of anilines is 1. The molecule has 13 heteroatoms. The van der Waals surface area contributed by atoms with Crippen LogP contribution in [0.25, 0.3) is 11.2 Å². The number of aromatic nitrogens is 5. The van der Waals surface area contributed by atoms with E-state index in [1.54, 1.807) is 29.4 Å². The van der Waals surface area contributed by atoms with E-state index < -0.39 is 30.4 Å². The Morgan fingerprint density at radius 3 is 2.68 bits per heavy atom. The molecule has 0 radical (unpaired) electrons. The highest BCUT2D eigenvalue weighted by molar-refractivity contribution is 5.94. The first-order chi connectivity index (χ1) is 17.9. The Labute approximate surface area is 211 Å². The Morgan fingerprint density at radius 1 is 1.24 bits per heavy atom. The van der Waals surface area contributed by atoms with Gasteiger partial charge in [-0.05, 0) is 37.3 Å². The SMILES string of the molecule is CNC(=O)C1OC(n2cnc3c(N)nc(C#CCN(C(=O)c4ccncc4)C4CCC4)nc32)[C@H](O)[C@@H]1O. The summed E-state index contributed by atoms with van der Waals surface area (Å²) in [6.07, 6.45) is 2.12. The molecule has 5 N–H and O–H groups in total. The van der Waals surface area contributed by atoms with Gasteiger partial charge in [-0.15, -0.1) is 0 Å². The van der Waals surface area contributed by atoms with Gasteiger partial charge in [0, 0.05) is 31.0 Å². The molecule has 1 saturated carbocycles. The van der Waals surface area contributed by atoms with Crippen LogP contribution in [-0.4, -0.2) is 89.4 Å². The fraction of sp³-hybridized carbons (Fsp3) is 0.417. The molecular weight excluding hydrogens is 480 g/mol. The highest BCUT2D eigenvalue weighted by Gasteiger charge is 2.47. The van der Waals surface area contributed by atoms with Crippen molar-refractivity contribution in [2.75, 3.05) is 19.3 Å². The lowest BCUT2D eigenvalue weighted by Gasteiger charge is -2.36. The summed E-state index contributed by atoms with van der Waals surface area (Å²) in [7, 11) is 1.40. The largest absolute Gasteiger partial charge is 0.387 e. The summed E-state index contributed by atoms with van der Waals surface area (Å²) >= 11 is 0. The number of nitrogens with zero attached hydrogens (tertiary/aromatic N) is 6. The van der Waals surface area contributed by atoms with Crippen LogP contribution >= 0.6 is 0 Å². The van der Waals surface area contributed by atoms with Crippen molar-refractivity contribution in [3.63, 3.8) is 0 Å². The van der Waals surface area contributed by atoms with E-state index in [1.165, 1.54) is 17.9 Å². The Bertz CT molecular complexity index is 1380.